The minimum Gasteiger partial charge on any atom is -0.375 e. The third-order valence-electron chi connectivity index (χ3n) is 2.16. The molecule has 0 saturated heterocycles. The molecule has 2 heteroatoms. The Hall–Kier alpha value is -0.340. The van der Waals surface area contributed by atoms with Gasteiger partial charge in [0.1, 0.15) is 4.51 Å². The Morgan fingerprint density at radius 1 is 1.36 bits per heavy atom. The summed E-state index contributed by atoms with van der Waals surface area (Å²) in [6.45, 7) is 0. The first-order valence-corrected chi connectivity index (χ1v) is 4.49. The molecule has 1 aliphatic rings. The summed E-state index contributed by atoms with van der Waals surface area (Å²) in [5.41, 5.74) is 2.28. The highest BCUT2D eigenvalue weighted by Crippen LogP contribution is 2.41. The second-order valence-electron chi connectivity index (χ2n) is 2.92. The largest absolute Gasteiger partial charge is 0.375 e. The van der Waals surface area contributed by atoms with Crippen LogP contribution < -0.4 is 0 Å². The number of hydrogen-bond acceptors (Lipinski definition) is 1. The topological polar surface area (TPSA) is 20.2 Å². The number of aryl methyl sites for hydroxylation is 1. The molecule has 0 aliphatic heterocycles. The summed E-state index contributed by atoms with van der Waals surface area (Å²) < 4.78 is -0.760. The molecule has 1 N–H and O–H groups in total. The van der Waals surface area contributed by atoms with Gasteiger partial charge in [-0.25, -0.2) is 0 Å². The molecular formula is C9H9BrO. The maximum atomic E-state index is 9.76. The van der Waals surface area contributed by atoms with Gasteiger partial charge in [0, 0.05) is 0 Å². The van der Waals surface area contributed by atoms with Crippen LogP contribution in [-0.2, 0) is 10.9 Å². The Bertz CT molecular complexity index is 281. The van der Waals surface area contributed by atoms with E-state index in [-0.39, 0.29) is 0 Å². The Morgan fingerprint density at radius 2 is 2.09 bits per heavy atom. The molecule has 1 aromatic rings. The molecule has 0 unspecified atom stereocenters. The van der Waals surface area contributed by atoms with Crippen LogP contribution >= 0.6 is 15.9 Å². The Kier molecular flexibility index (Phi) is 1.55. The first kappa shape index (κ1) is 7.32. The van der Waals surface area contributed by atoms with Crippen molar-refractivity contribution in [3.8, 4) is 0 Å². The second kappa shape index (κ2) is 2.32. The van der Waals surface area contributed by atoms with Crippen molar-refractivity contribution in [2.24, 2.45) is 0 Å². The summed E-state index contributed by atoms with van der Waals surface area (Å²) in [6.07, 6.45) is 1.75. The van der Waals surface area contributed by atoms with Crippen LogP contribution in [0.3, 0.4) is 0 Å². The van der Waals surface area contributed by atoms with Gasteiger partial charge in [-0.3, -0.25) is 0 Å². The molecule has 1 atom stereocenters. The highest BCUT2D eigenvalue weighted by atomic mass is 79.9. The van der Waals surface area contributed by atoms with E-state index >= 15 is 0 Å². The molecule has 0 bridgehead atoms. The smallest absolute Gasteiger partial charge is 0.145 e. The van der Waals surface area contributed by atoms with E-state index in [1.54, 1.807) is 0 Å². The zero-order valence-electron chi connectivity index (χ0n) is 6.05. The van der Waals surface area contributed by atoms with Gasteiger partial charge < -0.3 is 5.11 Å². The molecular weight excluding hydrogens is 204 g/mol. The number of aliphatic hydroxyl groups is 1. The number of benzene rings is 1. The molecule has 0 spiro atoms. The molecule has 0 amide bonds. The lowest BCUT2D eigenvalue weighted by atomic mass is 10.1. The van der Waals surface area contributed by atoms with Crippen LogP contribution in [0.4, 0.5) is 0 Å². The van der Waals surface area contributed by atoms with Crippen LogP contribution in [0.2, 0.25) is 0 Å². The minimum absolute atomic E-state index is 0.760. The lowest BCUT2D eigenvalue weighted by molar-refractivity contribution is 0.148. The predicted molar refractivity (Wildman–Crippen MR) is 47.6 cm³/mol. The standard InChI is InChI=1S/C9H9BrO/c10-9(11)6-5-7-3-1-2-4-8(7)9/h1-4,11H,5-6H2/t9-/m0/s1. The normalized spacial score (nSPS) is 28.5. The van der Waals surface area contributed by atoms with E-state index in [2.05, 4.69) is 22.0 Å². The Labute approximate surface area is 74.2 Å². The average molecular weight is 213 g/mol. The van der Waals surface area contributed by atoms with E-state index in [4.69, 9.17) is 0 Å². The first-order valence-electron chi connectivity index (χ1n) is 3.70. The molecule has 0 aromatic heterocycles. The number of rotatable bonds is 0. The second-order valence-corrected chi connectivity index (χ2v) is 4.23. The van der Waals surface area contributed by atoms with Crippen LogP contribution in [-0.4, -0.2) is 5.11 Å². The first-order chi connectivity index (χ1) is 5.20. The maximum Gasteiger partial charge on any atom is 0.145 e. The summed E-state index contributed by atoms with van der Waals surface area (Å²) in [7, 11) is 0. The third-order valence-corrected chi connectivity index (χ3v) is 2.98. The van der Waals surface area contributed by atoms with Crippen molar-refractivity contribution in [2.45, 2.75) is 17.4 Å². The van der Waals surface area contributed by atoms with Crippen LogP contribution in [0.5, 0.6) is 0 Å². The van der Waals surface area contributed by atoms with E-state index in [1.807, 2.05) is 18.2 Å². The van der Waals surface area contributed by atoms with E-state index in [9.17, 15) is 5.11 Å². The van der Waals surface area contributed by atoms with Gasteiger partial charge in [-0.15, -0.1) is 0 Å². The van der Waals surface area contributed by atoms with Crippen molar-refractivity contribution >= 4 is 15.9 Å². The van der Waals surface area contributed by atoms with Crippen molar-refractivity contribution in [3.05, 3.63) is 35.4 Å². The molecule has 0 saturated carbocycles. The van der Waals surface area contributed by atoms with E-state index in [1.165, 1.54) is 5.56 Å². The van der Waals surface area contributed by atoms with E-state index in [0.29, 0.717) is 0 Å². The van der Waals surface area contributed by atoms with Crippen LogP contribution in [0.25, 0.3) is 0 Å². The van der Waals surface area contributed by atoms with Crippen LogP contribution in [0, 0.1) is 0 Å². The molecule has 1 aromatic carbocycles. The fraction of sp³-hybridized carbons (Fsp3) is 0.333. The summed E-state index contributed by atoms with van der Waals surface area (Å²) in [6, 6.07) is 8.00. The Balaban J connectivity index is 2.56. The molecule has 0 fully saturated rings. The van der Waals surface area contributed by atoms with Gasteiger partial charge in [0.25, 0.3) is 0 Å². The number of alkyl halides is 1. The van der Waals surface area contributed by atoms with Gasteiger partial charge in [-0.1, -0.05) is 24.3 Å². The van der Waals surface area contributed by atoms with E-state index in [0.717, 1.165) is 18.4 Å². The third kappa shape index (κ3) is 1.10. The fourth-order valence-corrected chi connectivity index (χ4v) is 2.13. The van der Waals surface area contributed by atoms with Gasteiger partial charge in [0.15, 0.2) is 0 Å². The van der Waals surface area contributed by atoms with Gasteiger partial charge >= 0.3 is 0 Å². The van der Waals surface area contributed by atoms with Crippen LogP contribution in [0.15, 0.2) is 24.3 Å². The van der Waals surface area contributed by atoms with Gasteiger partial charge in [-0.2, -0.15) is 0 Å². The Morgan fingerprint density at radius 3 is 2.82 bits per heavy atom. The highest BCUT2D eigenvalue weighted by Gasteiger charge is 2.32. The average Bonchev–Trinajstić information content (AvgIpc) is 2.29. The number of fused-ring (bicyclic) bond motifs is 1. The zero-order valence-corrected chi connectivity index (χ0v) is 7.63. The maximum absolute atomic E-state index is 9.76. The summed E-state index contributed by atoms with van der Waals surface area (Å²) in [5, 5.41) is 9.76. The van der Waals surface area contributed by atoms with Crippen LogP contribution in [0.1, 0.15) is 17.5 Å². The fourth-order valence-electron chi connectivity index (χ4n) is 1.55. The SMILES string of the molecule is O[C@@]1(Br)CCc2ccccc21. The summed E-state index contributed by atoms with van der Waals surface area (Å²) >= 11 is 3.30. The number of hydrogen-bond donors (Lipinski definition) is 1. The highest BCUT2D eigenvalue weighted by molar-refractivity contribution is 9.09. The monoisotopic (exact) mass is 212 g/mol. The lowest BCUT2D eigenvalue weighted by Crippen LogP contribution is -2.11. The van der Waals surface area contributed by atoms with Crippen molar-refractivity contribution in [3.63, 3.8) is 0 Å². The van der Waals surface area contributed by atoms with Crippen molar-refractivity contribution in [1.82, 2.24) is 0 Å². The minimum atomic E-state index is -0.760. The van der Waals surface area contributed by atoms with E-state index < -0.39 is 4.51 Å². The van der Waals surface area contributed by atoms with Gasteiger partial charge in [-0.05, 0) is 39.9 Å². The lowest BCUT2D eigenvalue weighted by Gasteiger charge is -2.14. The molecule has 2 rings (SSSR count). The number of halogens is 1. The van der Waals surface area contributed by atoms with Crippen molar-refractivity contribution < 1.29 is 5.11 Å². The quantitative estimate of drug-likeness (QED) is 0.655. The molecule has 58 valence electrons. The zero-order chi connectivity index (χ0) is 7.90. The van der Waals surface area contributed by atoms with Gasteiger partial charge in [0.05, 0.1) is 0 Å². The van der Waals surface area contributed by atoms with Crippen molar-refractivity contribution in [1.29, 1.82) is 0 Å². The molecule has 0 heterocycles. The predicted octanol–water partition coefficient (Wildman–Crippen LogP) is 2.17. The summed E-state index contributed by atoms with van der Waals surface area (Å²) in [4.78, 5) is 0. The summed E-state index contributed by atoms with van der Waals surface area (Å²) in [5.74, 6) is 0. The molecule has 1 aliphatic carbocycles. The molecule has 0 radical (unpaired) electrons. The van der Waals surface area contributed by atoms with Gasteiger partial charge in [0.2, 0.25) is 0 Å². The molecule has 11 heavy (non-hydrogen) atoms. The molecule has 1 nitrogen and oxygen atoms in total. The van der Waals surface area contributed by atoms with Crippen molar-refractivity contribution in [2.75, 3.05) is 0 Å².